The minimum Gasteiger partial charge on any atom is -0.392 e. The molecule has 1 heterocycles. The molecule has 0 aliphatic heterocycles. The van der Waals surface area contributed by atoms with Gasteiger partial charge < -0.3 is 4.84 Å². The Balaban J connectivity index is 1.61. The number of hydrogen-bond donors (Lipinski definition) is 1. The first-order valence-electron chi connectivity index (χ1n) is 9.61. The fourth-order valence-electron chi connectivity index (χ4n) is 3.29. The first kappa shape index (κ1) is 20.5. The molecule has 0 radical (unpaired) electrons. The molecule has 9 heteroatoms. The van der Waals surface area contributed by atoms with Gasteiger partial charge in [-0.2, -0.15) is 0 Å². The van der Waals surface area contributed by atoms with Crippen LogP contribution in [0, 0.1) is 0 Å². The van der Waals surface area contributed by atoms with Gasteiger partial charge in [0.05, 0.1) is 15.1 Å². The third-order valence-electron chi connectivity index (χ3n) is 4.88. The van der Waals surface area contributed by atoms with Gasteiger partial charge in [-0.1, -0.05) is 40.8 Å². The number of carbonyl (C=O) groups excluding carboxylic acids is 1. The molecule has 4 rings (SSSR count). The van der Waals surface area contributed by atoms with Crippen molar-refractivity contribution < 1.29 is 18.0 Å². The Morgan fingerprint density at radius 2 is 1.83 bits per heavy atom. The molecule has 1 saturated carbocycles. The second-order valence-electron chi connectivity index (χ2n) is 7.19. The summed E-state index contributed by atoms with van der Waals surface area (Å²) in [6.07, 6.45) is 5.10. The van der Waals surface area contributed by atoms with Gasteiger partial charge in [0.2, 0.25) is 0 Å². The van der Waals surface area contributed by atoms with Gasteiger partial charge in [0, 0.05) is 11.8 Å². The quantitative estimate of drug-likeness (QED) is 0.459. The van der Waals surface area contributed by atoms with Crippen LogP contribution in [0.1, 0.15) is 31.2 Å². The second kappa shape index (κ2) is 8.53. The van der Waals surface area contributed by atoms with E-state index in [4.69, 9.17) is 4.84 Å². The standard InChI is InChI=1S/C21H21N3O4S2/c1-30(26,27)16-12-10-14(11-13-16)19(24-28-15-6-2-3-7-15)20(25)23-21-22-17-8-4-5-9-18(17)29-21/h4-5,8-13,15H,2-3,6-7H2,1H3,(H,22,23,25)/b24-19-. The number of para-hydroxylation sites is 1. The van der Waals surface area contributed by atoms with Crippen molar-refractivity contribution in [2.75, 3.05) is 11.6 Å². The van der Waals surface area contributed by atoms with Crippen LogP contribution in [0.4, 0.5) is 5.13 Å². The Morgan fingerprint density at radius 3 is 2.50 bits per heavy atom. The molecular formula is C21H21N3O4S2. The molecule has 0 atom stereocenters. The highest BCUT2D eigenvalue weighted by atomic mass is 32.2. The number of benzene rings is 2. The minimum atomic E-state index is -3.33. The molecule has 7 nitrogen and oxygen atoms in total. The van der Waals surface area contributed by atoms with E-state index in [1.54, 1.807) is 12.1 Å². The third kappa shape index (κ3) is 4.68. The SMILES string of the molecule is CS(=O)(=O)c1ccc(/C(=N/OC2CCCC2)C(=O)Nc2nc3ccccc3s2)cc1. The van der Waals surface area contributed by atoms with E-state index in [0.29, 0.717) is 10.7 Å². The van der Waals surface area contributed by atoms with Gasteiger partial charge in [0.15, 0.2) is 20.7 Å². The first-order chi connectivity index (χ1) is 14.4. The number of fused-ring (bicyclic) bond motifs is 1. The van der Waals surface area contributed by atoms with Crippen molar-refractivity contribution in [1.82, 2.24) is 4.98 Å². The summed E-state index contributed by atoms with van der Waals surface area (Å²) in [4.78, 5) is 23.2. The van der Waals surface area contributed by atoms with Crippen molar-refractivity contribution in [2.45, 2.75) is 36.7 Å². The third-order valence-corrected chi connectivity index (χ3v) is 6.96. The molecule has 0 bridgehead atoms. The molecule has 1 fully saturated rings. The number of hydrogen-bond acceptors (Lipinski definition) is 7. The number of amides is 1. The summed E-state index contributed by atoms with van der Waals surface area (Å²) in [7, 11) is -3.33. The fourth-order valence-corrected chi connectivity index (χ4v) is 4.78. The maximum Gasteiger partial charge on any atom is 0.280 e. The Kier molecular flexibility index (Phi) is 5.83. The maximum absolute atomic E-state index is 13.0. The van der Waals surface area contributed by atoms with E-state index < -0.39 is 15.7 Å². The van der Waals surface area contributed by atoms with Crippen LogP contribution in [0.15, 0.2) is 58.6 Å². The highest BCUT2D eigenvalue weighted by Gasteiger charge is 2.21. The summed E-state index contributed by atoms with van der Waals surface area (Å²) in [5.41, 5.74) is 1.36. The van der Waals surface area contributed by atoms with Gasteiger partial charge in [-0.3, -0.25) is 10.1 Å². The zero-order valence-corrected chi connectivity index (χ0v) is 18.0. The predicted octanol–water partition coefficient (Wildman–Crippen LogP) is 4.00. The van der Waals surface area contributed by atoms with Gasteiger partial charge in [0.25, 0.3) is 5.91 Å². The Morgan fingerprint density at radius 1 is 1.13 bits per heavy atom. The van der Waals surface area contributed by atoms with Gasteiger partial charge in [0.1, 0.15) is 6.10 Å². The molecule has 0 spiro atoms. The lowest BCUT2D eigenvalue weighted by molar-refractivity contribution is -0.110. The van der Waals surface area contributed by atoms with Gasteiger partial charge >= 0.3 is 0 Å². The molecule has 2 aromatic carbocycles. The van der Waals surface area contributed by atoms with Crippen LogP contribution in [0.3, 0.4) is 0 Å². The van der Waals surface area contributed by atoms with Crippen LogP contribution in [0.2, 0.25) is 0 Å². The lowest BCUT2D eigenvalue weighted by atomic mass is 10.1. The second-order valence-corrected chi connectivity index (χ2v) is 10.2. The van der Waals surface area contributed by atoms with Gasteiger partial charge in [-0.25, -0.2) is 13.4 Å². The number of aromatic nitrogens is 1. The molecule has 1 aliphatic carbocycles. The highest BCUT2D eigenvalue weighted by Crippen LogP contribution is 2.26. The zero-order valence-electron chi connectivity index (χ0n) is 16.4. The monoisotopic (exact) mass is 443 g/mol. The molecular weight excluding hydrogens is 422 g/mol. The number of sulfone groups is 1. The van der Waals surface area contributed by atoms with Crippen LogP contribution < -0.4 is 5.32 Å². The summed E-state index contributed by atoms with van der Waals surface area (Å²) in [6.45, 7) is 0. The topological polar surface area (TPSA) is 97.7 Å². The summed E-state index contributed by atoms with van der Waals surface area (Å²) in [5, 5.41) is 7.40. The van der Waals surface area contributed by atoms with Crippen LogP contribution in [-0.4, -0.2) is 37.4 Å². The lowest BCUT2D eigenvalue weighted by Crippen LogP contribution is -2.25. The van der Waals surface area contributed by atoms with E-state index >= 15 is 0 Å². The normalized spacial score (nSPS) is 15.4. The van der Waals surface area contributed by atoms with E-state index in [0.717, 1.165) is 42.2 Å². The van der Waals surface area contributed by atoms with E-state index in [9.17, 15) is 13.2 Å². The molecule has 156 valence electrons. The molecule has 1 aliphatic rings. The van der Waals surface area contributed by atoms with Crippen molar-refractivity contribution in [3.8, 4) is 0 Å². The molecule has 1 amide bonds. The predicted molar refractivity (Wildman–Crippen MR) is 118 cm³/mol. The van der Waals surface area contributed by atoms with Crippen molar-refractivity contribution in [3.63, 3.8) is 0 Å². The Bertz CT molecular complexity index is 1160. The largest absolute Gasteiger partial charge is 0.392 e. The van der Waals surface area contributed by atoms with E-state index in [1.165, 1.54) is 23.5 Å². The number of nitrogens with one attached hydrogen (secondary N) is 1. The summed E-state index contributed by atoms with van der Waals surface area (Å²) < 4.78 is 24.4. The summed E-state index contributed by atoms with van der Waals surface area (Å²) in [6, 6.07) is 13.7. The Labute approximate surface area is 178 Å². The zero-order chi connectivity index (χ0) is 21.1. The van der Waals surface area contributed by atoms with E-state index in [-0.39, 0.29) is 16.7 Å². The molecule has 30 heavy (non-hydrogen) atoms. The first-order valence-corrected chi connectivity index (χ1v) is 12.3. The van der Waals surface area contributed by atoms with Crippen LogP contribution in [0.5, 0.6) is 0 Å². The summed E-state index contributed by atoms with van der Waals surface area (Å²) >= 11 is 1.37. The van der Waals surface area contributed by atoms with Crippen LogP contribution >= 0.6 is 11.3 Å². The fraction of sp³-hybridized carbons (Fsp3) is 0.286. The summed E-state index contributed by atoms with van der Waals surface area (Å²) in [5.74, 6) is -0.459. The van der Waals surface area contributed by atoms with Crippen molar-refractivity contribution >= 4 is 48.1 Å². The lowest BCUT2D eigenvalue weighted by Gasteiger charge is -2.10. The molecule has 1 aromatic heterocycles. The molecule has 3 aromatic rings. The smallest absolute Gasteiger partial charge is 0.280 e. The van der Waals surface area contributed by atoms with Crippen LogP contribution in [-0.2, 0) is 19.5 Å². The number of nitrogens with zero attached hydrogens (tertiary/aromatic N) is 2. The molecule has 0 saturated heterocycles. The van der Waals surface area contributed by atoms with E-state index in [2.05, 4.69) is 15.5 Å². The number of rotatable bonds is 6. The number of carbonyl (C=O) groups is 1. The number of thiazole rings is 1. The Hall–Kier alpha value is -2.78. The van der Waals surface area contributed by atoms with Crippen molar-refractivity contribution in [1.29, 1.82) is 0 Å². The minimum absolute atomic E-state index is 0.00876. The number of anilines is 1. The average Bonchev–Trinajstić information content (AvgIpc) is 3.37. The molecule has 1 N–H and O–H groups in total. The van der Waals surface area contributed by atoms with Crippen LogP contribution in [0.25, 0.3) is 10.2 Å². The van der Waals surface area contributed by atoms with Gasteiger partial charge in [-0.05, 0) is 49.9 Å². The average molecular weight is 444 g/mol. The maximum atomic E-state index is 13.0. The van der Waals surface area contributed by atoms with Crippen molar-refractivity contribution in [2.24, 2.45) is 5.16 Å². The van der Waals surface area contributed by atoms with E-state index in [1.807, 2.05) is 24.3 Å². The van der Waals surface area contributed by atoms with Crippen molar-refractivity contribution in [3.05, 3.63) is 54.1 Å². The molecule has 0 unspecified atom stereocenters. The number of oxime groups is 1. The highest BCUT2D eigenvalue weighted by molar-refractivity contribution is 7.90. The van der Waals surface area contributed by atoms with Gasteiger partial charge in [-0.15, -0.1) is 0 Å².